The first kappa shape index (κ1) is 18.6. The minimum atomic E-state index is -0.330. The van der Waals surface area contributed by atoms with E-state index in [1.807, 2.05) is 93.6 Å². The third-order valence-electron chi connectivity index (χ3n) is 4.83. The molecule has 0 fully saturated rings. The number of aromatic nitrogens is 3. The Morgan fingerprint density at radius 2 is 1.59 bits per heavy atom. The number of carbonyl (C=O) groups excluding carboxylic acids is 1. The van der Waals surface area contributed by atoms with Gasteiger partial charge in [-0.1, -0.05) is 60.7 Å². The van der Waals surface area contributed by atoms with Crippen LogP contribution in [0.3, 0.4) is 0 Å². The fourth-order valence-electron chi connectivity index (χ4n) is 3.20. The van der Waals surface area contributed by atoms with Gasteiger partial charge in [0.2, 0.25) is 5.82 Å². The lowest BCUT2D eigenvalue weighted by molar-refractivity contribution is 0.101. The second-order valence-electron chi connectivity index (χ2n) is 7.10. The Morgan fingerprint density at radius 1 is 0.862 bits per heavy atom. The maximum atomic E-state index is 12.9. The molecule has 0 atom stereocenters. The van der Waals surface area contributed by atoms with Crippen LogP contribution in [-0.2, 0) is 0 Å². The van der Waals surface area contributed by atoms with E-state index in [0.29, 0.717) is 5.82 Å². The molecular weight excluding hydrogens is 360 g/mol. The number of aryl methyl sites for hydroxylation is 3. The summed E-state index contributed by atoms with van der Waals surface area (Å²) in [6.45, 7) is 5.97. The quantitative estimate of drug-likeness (QED) is 0.533. The minimum Gasteiger partial charge on any atom is -0.319 e. The molecule has 0 saturated heterocycles. The summed E-state index contributed by atoms with van der Waals surface area (Å²) in [6.07, 6.45) is 0. The summed E-state index contributed by atoms with van der Waals surface area (Å²) in [7, 11) is 0. The van der Waals surface area contributed by atoms with Crippen molar-refractivity contribution in [2.45, 2.75) is 20.8 Å². The van der Waals surface area contributed by atoms with Gasteiger partial charge in [-0.2, -0.15) is 0 Å². The standard InChI is InChI=1S/C24H22N4O/c1-16-13-14-17(2)20(15-16)25-24(29)22-26-23(19-10-5-4-6-11-19)28(27-22)21-12-8-7-9-18(21)3/h4-15H,1-3H3,(H,25,29). The first-order valence-corrected chi connectivity index (χ1v) is 9.50. The molecule has 1 aromatic heterocycles. The molecule has 5 heteroatoms. The molecule has 1 N–H and O–H groups in total. The minimum absolute atomic E-state index is 0.132. The van der Waals surface area contributed by atoms with Crippen LogP contribution in [0.2, 0.25) is 0 Å². The molecule has 29 heavy (non-hydrogen) atoms. The van der Waals surface area contributed by atoms with Gasteiger partial charge in [0.25, 0.3) is 5.91 Å². The highest BCUT2D eigenvalue weighted by Gasteiger charge is 2.20. The normalized spacial score (nSPS) is 10.7. The monoisotopic (exact) mass is 382 g/mol. The van der Waals surface area contributed by atoms with E-state index < -0.39 is 0 Å². The van der Waals surface area contributed by atoms with Crippen molar-refractivity contribution < 1.29 is 4.79 Å². The second-order valence-corrected chi connectivity index (χ2v) is 7.10. The fourth-order valence-corrected chi connectivity index (χ4v) is 3.20. The molecular formula is C24H22N4O. The molecule has 5 nitrogen and oxygen atoms in total. The Morgan fingerprint density at radius 3 is 2.34 bits per heavy atom. The Bertz CT molecular complexity index is 1180. The predicted molar refractivity (Wildman–Crippen MR) is 115 cm³/mol. The Hall–Kier alpha value is -3.73. The van der Waals surface area contributed by atoms with Crippen LogP contribution in [0.4, 0.5) is 5.69 Å². The predicted octanol–water partition coefficient (Wildman–Crippen LogP) is 5.11. The molecule has 4 rings (SSSR count). The lowest BCUT2D eigenvalue weighted by atomic mass is 10.1. The highest BCUT2D eigenvalue weighted by molar-refractivity contribution is 6.02. The zero-order valence-corrected chi connectivity index (χ0v) is 16.7. The van der Waals surface area contributed by atoms with Gasteiger partial charge in [0.1, 0.15) is 0 Å². The van der Waals surface area contributed by atoms with Crippen molar-refractivity contribution in [3.05, 3.63) is 95.3 Å². The third-order valence-corrected chi connectivity index (χ3v) is 4.83. The molecule has 4 aromatic rings. The molecule has 0 aliphatic carbocycles. The van der Waals surface area contributed by atoms with Crippen molar-refractivity contribution >= 4 is 11.6 Å². The number of nitrogens with zero attached hydrogens (tertiary/aromatic N) is 3. The van der Waals surface area contributed by atoms with Gasteiger partial charge in [-0.25, -0.2) is 9.67 Å². The zero-order chi connectivity index (χ0) is 20.4. The van der Waals surface area contributed by atoms with Crippen LogP contribution in [0.25, 0.3) is 17.1 Å². The molecule has 0 aliphatic rings. The number of anilines is 1. The van der Waals surface area contributed by atoms with Crippen molar-refractivity contribution in [3.63, 3.8) is 0 Å². The summed E-state index contributed by atoms with van der Waals surface area (Å²) in [5.74, 6) is 0.433. The topological polar surface area (TPSA) is 59.8 Å². The fraction of sp³-hybridized carbons (Fsp3) is 0.125. The van der Waals surface area contributed by atoms with Crippen LogP contribution in [-0.4, -0.2) is 20.7 Å². The molecule has 3 aromatic carbocycles. The highest BCUT2D eigenvalue weighted by atomic mass is 16.2. The third kappa shape index (κ3) is 3.80. The van der Waals surface area contributed by atoms with Gasteiger partial charge in [-0.3, -0.25) is 4.79 Å². The summed E-state index contributed by atoms with van der Waals surface area (Å²) in [6, 6.07) is 23.6. The van der Waals surface area contributed by atoms with Crippen LogP contribution in [0.1, 0.15) is 27.3 Å². The van der Waals surface area contributed by atoms with E-state index in [1.165, 1.54) is 0 Å². The van der Waals surface area contributed by atoms with Crippen LogP contribution in [0.5, 0.6) is 0 Å². The van der Waals surface area contributed by atoms with Gasteiger partial charge in [-0.15, -0.1) is 5.10 Å². The number of nitrogens with one attached hydrogen (secondary N) is 1. The van der Waals surface area contributed by atoms with E-state index in [4.69, 9.17) is 0 Å². The van der Waals surface area contributed by atoms with Crippen molar-refractivity contribution in [1.82, 2.24) is 14.8 Å². The van der Waals surface area contributed by atoms with Gasteiger partial charge < -0.3 is 5.32 Å². The van der Waals surface area contributed by atoms with Crippen LogP contribution < -0.4 is 5.32 Å². The molecule has 0 spiro atoms. The summed E-state index contributed by atoms with van der Waals surface area (Å²) in [5.41, 5.74) is 5.68. The molecule has 0 radical (unpaired) electrons. The smallest absolute Gasteiger partial charge is 0.295 e. The van der Waals surface area contributed by atoms with Crippen molar-refractivity contribution in [3.8, 4) is 17.1 Å². The van der Waals surface area contributed by atoms with E-state index in [2.05, 4.69) is 15.4 Å². The number of para-hydroxylation sites is 1. The Kier molecular flexibility index (Phi) is 4.96. The van der Waals surface area contributed by atoms with E-state index in [1.54, 1.807) is 4.68 Å². The summed E-state index contributed by atoms with van der Waals surface area (Å²) < 4.78 is 1.74. The van der Waals surface area contributed by atoms with Crippen molar-refractivity contribution in [2.75, 3.05) is 5.32 Å². The Labute approximate surface area is 170 Å². The number of hydrogen-bond acceptors (Lipinski definition) is 3. The molecule has 0 aliphatic heterocycles. The van der Waals surface area contributed by atoms with Crippen LogP contribution in [0, 0.1) is 20.8 Å². The molecule has 144 valence electrons. The molecule has 0 unspecified atom stereocenters. The number of hydrogen-bond donors (Lipinski definition) is 1. The SMILES string of the molecule is Cc1ccc(C)c(NC(=O)c2nc(-c3ccccc3)n(-c3ccccc3C)n2)c1. The molecule has 1 amide bonds. The summed E-state index contributed by atoms with van der Waals surface area (Å²) in [4.78, 5) is 17.5. The van der Waals surface area contributed by atoms with Crippen molar-refractivity contribution in [2.24, 2.45) is 0 Å². The van der Waals surface area contributed by atoms with Gasteiger partial charge in [-0.05, 0) is 49.6 Å². The number of rotatable bonds is 4. The second kappa shape index (κ2) is 7.72. The van der Waals surface area contributed by atoms with Crippen molar-refractivity contribution in [1.29, 1.82) is 0 Å². The number of benzene rings is 3. The van der Waals surface area contributed by atoms with E-state index in [-0.39, 0.29) is 11.7 Å². The number of amides is 1. The van der Waals surface area contributed by atoms with E-state index in [9.17, 15) is 4.79 Å². The van der Waals surface area contributed by atoms with E-state index in [0.717, 1.165) is 33.6 Å². The van der Waals surface area contributed by atoms with E-state index >= 15 is 0 Å². The van der Waals surface area contributed by atoms with Gasteiger partial charge in [0.05, 0.1) is 5.69 Å². The van der Waals surface area contributed by atoms with Crippen LogP contribution >= 0.6 is 0 Å². The van der Waals surface area contributed by atoms with Gasteiger partial charge in [0, 0.05) is 11.3 Å². The maximum Gasteiger partial charge on any atom is 0.295 e. The lowest BCUT2D eigenvalue weighted by Gasteiger charge is -2.08. The number of carbonyl (C=O) groups is 1. The maximum absolute atomic E-state index is 12.9. The lowest BCUT2D eigenvalue weighted by Crippen LogP contribution is -2.15. The largest absolute Gasteiger partial charge is 0.319 e. The molecule has 0 bridgehead atoms. The Balaban J connectivity index is 1.78. The van der Waals surface area contributed by atoms with Gasteiger partial charge in [0.15, 0.2) is 5.82 Å². The zero-order valence-electron chi connectivity index (χ0n) is 16.7. The van der Waals surface area contributed by atoms with Crippen LogP contribution in [0.15, 0.2) is 72.8 Å². The highest BCUT2D eigenvalue weighted by Crippen LogP contribution is 2.24. The van der Waals surface area contributed by atoms with Gasteiger partial charge >= 0.3 is 0 Å². The molecule has 0 saturated carbocycles. The average molecular weight is 382 g/mol. The summed E-state index contributed by atoms with van der Waals surface area (Å²) >= 11 is 0. The molecule has 1 heterocycles. The summed E-state index contributed by atoms with van der Waals surface area (Å²) in [5, 5.41) is 7.51. The first-order valence-electron chi connectivity index (χ1n) is 9.50. The average Bonchev–Trinajstić information content (AvgIpc) is 3.17. The first-order chi connectivity index (χ1) is 14.0.